The van der Waals surface area contributed by atoms with Crippen LogP contribution in [0.3, 0.4) is 0 Å². The van der Waals surface area contributed by atoms with Crippen LogP contribution in [0.4, 0.5) is 5.69 Å². The van der Waals surface area contributed by atoms with Crippen LogP contribution in [0.5, 0.6) is 0 Å². The van der Waals surface area contributed by atoms with E-state index in [1.54, 1.807) is 19.2 Å². The van der Waals surface area contributed by atoms with Crippen LogP contribution in [0.1, 0.15) is 12.0 Å². The van der Waals surface area contributed by atoms with Crippen LogP contribution in [-0.4, -0.2) is 19.5 Å². The summed E-state index contributed by atoms with van der Waals surface area (Å²) in [6.45, 7) is 0.589. The first kappa shape index (κ1) is 11.1. The number of anilines is 1. The molecule has 4 heteroatoms. The highest BCUT2D eigenvalue weighted by Gasteiger charge is 1.97. The number of carbonyl (C=O) groups excluding carboxylic acids is 1. The minimum absolute atomic E-state index is 0.0103. The van der Waals surface area contributed by atoms with Gasteiger partial charge in [-0.15, -0.1) is 0 Å². The molecule has 0 saturated carbocycles. The van der Waals surface area contributed by atoms with E-state index in [2.05, 4.69) is 10.6 Å². The van der Waals surface area contributed by atoms with E-state index in [9.17, 15) is 4.79 Å². The van der Waals surface area contributed by atoms with Crippen LogP contribution in [0.2, 0.25) is 0 Å². The molecule has 0 spiro atoms. The molecule has 0 radical (unpaired) electrons. The zero-order valence-corrected chi connectivity index (χ0v) is 8.58. The summed E-state index contributed by atoms with van der Waals surface area (Å²) in [7, 11) is 1.62. The van der Waals surface area contributed by atoms with E-state index in [4.69, 9.17) is 5.26 Å². The third-order valence-electron chi connectivity index (χ3n) is 1.97. The summed E-state index contributed by atoms with van der Waals surface area (Å²) in [5.74, 6) is 0.0103. The third-order valence-corrected chi connectivity index (χ3v) is 1.97. The molecule has 0 fully saturated rings. The highest BCUT2D eigenvalue weighted by atomic mass is 16.1. The van der Waals surface area contributed by atoms with Crippen molar-refractivity contribution in [2.24, 2.45) is 0 Å². The van der Waals surface area contributed by atoms with Gasteiger partial charge in [-0.3, -0.25) is 4.79 Å². The predicted octanol–water partition coefficient (Wildman–Crippen LogP) is 1.11. The molecule has 0 aromatic heterocycles. The number of nitrogens with one attached hydrogen (secondary N) is 2. The lowest BCUT2D eigenvalue weighted by molar-refractivity contribution is -0.120. The lowest BCUT2D eigenvalue weighted by atomic mass is 10.2. The van der Waals surface area contributed by atoms with Gasteiger partial charge in [0, 0.05) is 25.7 Å². The van der Waals surface area contributed by atoms with Gasteiger partial charge in [-0.1, -0.05) is 0 Å². The zero-order valence-electron chi connectivity index (χ0n) is 8.58. The molecular formula is C11H13N3O. The predicted molar refractivity (Wildman–Crippen MR) is 58.3 cm³/mol. The van der Waals surface area contributed by atoms with Crippen molar-refractivity contribution in [2.45, 2.75) is 6.42 Å². The molecule has 0 unspecified atom stereocenters. The Morgan fingerprint density at radius 3 is 2.60 bits per heavy atom. The molecule has 1 rings (SSSR count). The Morgan fingerprint density at radius 2 is 2.07 bits per heavy atom. The van der Waals surface area contributed by atoms with Gasteiger partial charge in [0.05, 0.1) is 11.6 Å². The second-order valence-electron chi connectivity index (χ2n) is 3.04. The smallest absolute Gasteiger partial charge is 0.221 e. The molecule has 1 aromatic carbocycles. The molecule has 1 amide bonds. The topological polar surface area (TPSA) is 64.9 Å². The van der Waals surface area contributed by atoms with E-state index in [1.807, 2.05) is 18.2 Å². The van der Waals surface area contributed by atoms with Gasteiger partial charge in [-0.05, 0) is 24.3 Å². The summed E-state index contributed by atoms with van der Waals surface area (Å²) in [5.41, 5.74) is 1.55. The van der Waals surface area contributed by atoms with E-state index in [0.717, 1.165) is 5.69 Å². The average molecular weight is 203 g/mol. The summed E-state index contributed by atoms with van der Waals surface area (Å²) < 4.78 is 0. The van der Waals surface area contributed by atoms with E-state index in [0.29, 0.717) is 18.5 Å². The van der Waals surface area contributed by atoms with Gasteiger partial charge in [0.15, 0.2) is 0 Å². The van der Waals surface area contributed by atoms with Crippen molar-refractivity contribution < 1.29 is 4.79 Å². The summed E-state index contributed by atoms with van der Waals surface area (Å²) in [6, 6.07) is 9.17. The molecule has 0 saturated heterocycles. The van der Waals surface area contributed by atoms with Crippen LogP contribution in [-0.2, 0) is 4.79 Å². The minimum atomic E-state index is 0.0103. The van der Waals surface area contributed by atoms with E-state index in [-0.39, 0.29) is 5.91 Å². The average Bonchev–Trinajstić information content (AvgIpc) is 2.29. The lowest BCUT2D eigenvalue weighted by Crippen LogP contribution is -2.20. The van der Waals surface area contributed by atoms with E-state index < -0.39 is 0 Å². The van der Waals surface area contributed by atoms with Gasteiger partial charge in [0.2, 0.25) is 5.91 Å². The van der Waals surface area contributed by atoms with Crippen LogP contribution in [0.25, 0.3) is 0 Å². The lowest BCUT2D eigenvalue weighted by Gasteiger charge is -2.05. The van der Waals surface area contributed by atoms with Gasteiger partial charge in [0.25, 0.3) is 0 Å². The van der Waals surface area contributed by atoms with Crippen LogP contribution in [0.15, 0.2) is 24.3 Å². The quantitative estimate of drug-likeness (QED) is 0.770. The molecule has 0 aliphatic heterocycles. The Balaban J connectivity index is 2.38. The Morgan fingerprint density at radius 1 is 1.40 bits per heavy atom. The first-order valence-electron chi connectivity index (χ1n) is 4.71. The summed E-state index contributed by atoms with van der Waals surface area (Å²) >= 11 is 0. The maximum atomic E-state index is 10.9. The molecule has 4 nitrogen and oxygen atoms in total. The zero-order chi connectivity index (χ0) is 11.1. The maximum absolute atomic E-state index is 10.9. The summed E-state index contributed by atoms with van der Waals surface area (Å²) in [6.07, 6.45) is 0.441. The number of nitrogens with zero attached hydrogens (tertiary/aromatic N) is 1. The highest BCUT2D eigenvalue weighted by molar-refractivity contribution is 5.76. The van der Waals surface area contributed by atoms with Crippen molar-refractivity contribution in [3.63, 3.8) is 0 Å². The molecule has 15 heavy (non-hydrogen) atoms. The van der Waals surface area contributed by atoms with Crippen LogP contribution >= 0.6 is 0 Å². The fourth-order valence-corrected chi connectivity index (χ4v) is 1.11. The molecule has 1 aromatic rings. The van der Waals surface area contributed by atoms with Crippen molar-refractivity contribution in [3.05, 3.63) is 29.8 Å². The van der Waals surface area contributed by atoms with E-state index in [1.165, 1.54) is 0 Å². The molecule has 0 aliphatic carbocycles. The molecule has 0 heterocycles. The number of carbonyl (C=O) groups is 1. The van der Waals surface area contributed by atoms with Gasteiger partial charge in [-0.2, -0.15) is 5.26 Å². The van der Waals surface area contributed by atoms with Crippen LogP contribution in [0, 0.1) is 11.3 Å². The van der Waals surface area contributed by atoms with Crippen molar-refractivity contribution in [3.8, 4) is 6.07 Å². The Kier molecular flexibility index (Phi) is 4.17. The van der Waals surface area contributed by atoms with Gasteiger partial charge < -0.3 is 10.6 Å². The third kappa shape index (κ3) is 3.69. The second-order valence-corrected chi connectivity index (χ2v) is 3.04. The maximum Gasteiger partial charge on any atom is 0.221 e. The minimum Gasteiger partial charge on any atom is -0.385 e. The Bertz CT molecular complexity index is 364. The van der Waals surface area contributed by atoms with Gasteiger partial charge in [0.1, 0.15) is 0 Å². The first-order valence-corrected chi connectivity index (χ1v) is 4.71. The van der Waals surface area contributed by atoms with Crippen molar-refractivity contribution in [1.29, 1.82) is 5.26 Å². The molecule has 78 valence electrons. The Labute approximate surface area is 88.9 Å². The molecule has 0 atom stereocenters. The number of hydrogen-bond acceptors (Lipinski definition) is 3. The van der Waals surface area contributed by atoms with Gasteiger partial charge >= 0.3 is 0 Å². The summed E-state index contributed by atoms with van der Waals surface area (Å²) in [4.78, 5) is 10.9. The fraction of sp³-hybridized carbons (Fsp3) is 0.273. The van der Waals surface area contributed by atoms with Crippen molar-refractivity contribution >= 4 is 11.6 Å². The fourth-order valence-electron chi connectivity index (χ4n) is 1.11. The van der Waals surface area contributed by atoms with E-state index >= 15 is 0 Å². The van der Waals surface area contributed by atoms with Gasteiger partial charge in [-0.25, -0.2) is 0 Å². The van der Waals surface area contributed by atoms with Crippen LogP contribution < -0.4 is 10.6 Å². The standard InChI is InChI=1S/C11H13N3O/c1-13-11(15)6-7-14-10-4-2-9(8-12)3-5-10/h2-5,14H,6-7H2,1H3,(H,13,15). The second kappa shape index (κ2) is 5.66. The number of amides is 1. The summed E-state index contributed by atoms with van der Waals surface area (Å²) in [5, 5.41) is 14.2. The van der Waals surface area contributed by atoms with Crippen molar-refractivity contribution in [1.82, 2.24) is 5.32 Å². The molecule has 0 bridgehead atoms. The largest absolute Gasteiger partial charge is 0.385 e. The monoisotopic (exact) mass is 203 g/mol. The number of benzene rings is 1. The van der Waals surface area contributed by atoms with Crippen molar-refractivity contribution in [2.75, 3.05) is 18.9 Å². The Hall–Kier alpha value is -2.02. The number of hydrogen-bond donors (Lipinski definition) is 2. The molecular weight excluding hydrogens is 190 g/mol. The number of rotatable bonds is 4. The number of nitriles is 1. The molecule has 2 N–H and O–H groups in total. The normalized spacial score (nSPS) is 9.07. The highest BCUT2D eigenvalue weighted by Crippen LogP contribution is 2.08. The molecule has 0 aliphatic rings. The SMILES string of the molecule is CNC(=O)CCNc1ccc(C#N)cc1. The first-order chi connectivity index (χ1) is 7.26.